The van der Waals surface area contributed by atoms with Gasteiger partial charge in [0.1, 0.15) is 17.9 Å². The summed E-state index contributed by atoms with van der Waals surface area (Å²) in [6.07, 6.45) is 2.52. The third kappa shape index (κ3) is 5.23. The van der Waals surface area contributed by atoms with E-state index < -0.39 is 15.7 Å². The first-order valence-electron chi connectivity index (χ1n) is 8.49. The maximum atomic E-state index is 13.5. The fourth-order valence-electron chi connectivity index (χ4n) is 2.61. The van der Waals surface area contributed by atoms with Crippen LogP contribution in [0, 0.1) is 5.82 Å². The van der Waals surface area contributed by atoms with Crippen LogP contribution < -0.4 is 10.1 Å². The molecule has 0 bridgehead atoms. The van der Waals surface area contributed by atoms with Crippen molar-refractivity contribution in [3.8, 4) is 17.1 Å². The van der Waals surface area contributed by atoms with Crippen molar-refractivity contribution in [3.63, 3.8) is 0 Å². The van der Waals surface area contributed by atoms with Gasteiger partial charge in [0.05, 0.1) is 17.9 Å². The van der Waals surface area contributed by atoms with Gasteiger partial charge in [-0.1, -0.05) is 12.1 Å². The Balaban J connectivity index is 1.88. The summed E-state index contributed by atoms with van der Waals surface area (Å²) in [5.41, 5.74) is 1.83. The molecule has 1 aromatic heterocycles. The molecular formula is C19H19FN4O3S. The quantitative estimate of drug-likeness (QED) is 0.647. The molecular weight excluding hydrogens is 383 g/mol. The number of hydrogen-bond donors (Lipinski definition) is 1. The van der Waals surface area contributed by atoms with Gasteiger partial charge >= 0.3 is 0 Å². The molecule has 3 rings (SSSR count). The van der Waals surface area contributed by atoms with Crippen molar-refractivity contribution in [1.82, 2.24) is 15.0 Å². The summed E-state index contributed by atoms with van der Waals surface area (Å²) in [4.78, 5) is 12.6. The average molecular weight is 402 g/mol. The van der Waals surface area contributed by atoms with Crippen LogP contribution in [0.3, 0.4) is 0 Å². The van der Waals surface area contributed by atoms with E-state index in [4.69, 9.17) is 4.74 Å². The topological polar surface area (TPSA) is 94.1 Å². The lowest BCUT2D eigenvalue weighted by molar-refractivity contribution is 0.339. The summed E-state index contributed by atoms with van der Waals surface area (Å²) < 4.78 is 42.0. The van der Waals surface area contributed by atoms with E-state index >= 15 is 0 Å². The first-order valence-corrected chi connectivity index (χ1v) is 10.6. The van der Waals surface area contributed by atoms with Gasteiger partial charge in [-0.2, -0.15) is 4.98 Å². The van der Waals surface area contributed by atoms with Gasteiger partial charge in [0.25, 0.3) is 0 Å². The van der Waals surface area contributed by atoms with Gasteiger partial charge in [-0.25, -0.2) is 22.8 Å². The van der Waals surface area contributed by atoms with Crippen LogP contribution in [0.4, 0.5) is 16.0 Å². The second kappa shape index (κ2) is 8.30. The van der Waals surface area contributed by atoms with Gasteiger partial charge in [-0.3, -0.25) is 0 Å². The van der Waals surface area contributed by atoms with Crippen molar-refractivity contribution in [2.45, 2.75) is 12.7 Å². The number of sulfone groups is 1. The van der Waals surface area contributed by atoms with E-state index in [1.807, 2.05) is 0 Å². The average Bonchev–Trinajstić information content (AvgIpc) is 2.61. The zero-order valence-electron chi connectivity index (χ0n) is 15.4. The number of halogens is 1. The summed E-state index contributed by atoms with van der Waals surface area (Å²) in [7, 11) is -3.14. The predicted molar refractivity (Wildman–Crippen MR) is 105 cm³/mol. The molecule has 9 heteroatoms. The number of aromatic nitrogens is 3. The summed E-state index contributed by atoms with van der Waals surface area (Å²) in [6, 6.07) is 11.1. The lowest BCUT2D eigenvalue weighted by Crippen LogP contribution is -2.03. The van der Waals surface area contributed by atoms with Gasteiger partial charge in [0.2, 0.25) is 5.95 Å². The molecule has 3 aromatic rings. The minimum atomic E-state index is -3.14. The SMILES string of the molecule is CCOc1cc(F)ccc1-c1ncnc(Nc2cccc(CS(C)(=O)=O)c2)n1. The van der Waals surface area contributed by atoms with Gasteiger partial charge in [0, 0.05) is 18.0 Å². The van der Waals surface area contributed by atoms with Gasteiger partial charge in [0.15, 0.2) is 15.7 Å². The van der Waals surface area contributed by atoms with Crippen LogP contribution in [0.2, 0.25) is 0 Å². The zero-order valence-corrected chi connectivity index (χ0v) is 16.2. The van der Waals surface area contributed by atoms with Crippen LogP contribution >= 0.6 is 0 Å². The second-order valence-electron chi connectivity index (χ2n) is 6.10. The molecule has 146 valence electrons. The van der Waals surface area contributed by atoms with Crippen molar-refractivity contribution in [2.75, 3.05) is 18.2 Å². The van der Waals surface area contributed by atoms with Crippen molar-refractivity contribution in [1.29, 1.82) is 0 Å². The molecule has 0 saturated carbocycles. The maximum Gasteiger partial charge on any atom is 0.230 e. The normalized spacial score (nSPS) is 11.2. The van der Waals surface area contributed by atoms with Crippen LogP contribution in [0.5, 0.6) is 5.75 Å². The van der Waals surface area contributed by atoms with Crippen LogP contribution in [0.25, 0.3) is 11.4 Å². The van der Waals surface area contributed by atoms with E-state index in [-0.39, 0.29) is 11.7 Å². The molecule has 0 aliphatic rings. The van der Waals surface area contributed by atoms with Crippen molar-refractivity contribution in [2.24, 2.45) is 0 Å². The molecule has 28 heavy (non-hydrogen) atoms. The Morgan fingerprint density at radius 2 is 1.96 bits per heavy atom. The van der Waals surface area contributed by atoms with Crippen LogP contribution in [-0.4, -0.2) is 36.2 Å². The van der Waals surface area contributed by atoms with Gasteiger partial charge in [-0.05, 0) is 36.8 Å². The first kappa shape index (κ1) is 19.7. The van der Waals surface area contributed by atoms with Crippen LogP contribution in [0.15, 0.2) is 48.8 Å². The van der Waals surface area contributed by atoms with E-state index in [0.29, 0.717) is 35.0 Å². The fraction of sp³-hybridized carbons (Fsp3) is 0.211. The Hall–Kier alpha value is -3.07. The standard InChI is InChI=1S/C19H19FN4O3S/c1-3-27-17-10-14(20)7-8-16(17)18-21-12-22-19(24-18)23-15-6-4-5-13(9-15)11-28(2,25)26/h4-10,12H,3,11H2,1-2H3,(H,21,22,23,24). The molecule has 0 fully saturated rings. The highest BCUT2D eigenvalue weighted by Crippen LogP contribution is 2.29. The molecule has 7 nitrogen and oxygen atoms in total. The minimum absolute atomic E-state index is 0.0573. The Morgan fingerprint density at radius 1 is 1.14 bits per heavy atom. The van der Waals surface area contributed by atoms with Crippen molar-refractivity contribution >= 4 is 21.5 Å². The molecule has 2 aromatic carbocycles. The molecule has 0 unspecified atom stereocenters. The van der Waals surface area contributed by atoms with E-state index in [1.165, 1.54) is 24.7 Å². The smallest absolute Gasteiger partial charge is 0.230 e. The molecule has 0 amide bonds. The van der Waals surface area contributed by atoms with E-state index in [0.717, 1.165) is 0 Å². The summed E-state index contributed by atoms with van der Waals surface area (Å²) >= 11 is 0. The molecule has 1 heterocycles. The number of hydrogen-bond acceptors (Lipinski definition) is 7. The number of nitrogens with one attached hydrogen (secondary N) is 1. The summed E-state index contributed by atoms with van der Waals surface area (Å²) in [6.45, 7) is 2.18. The Labute approximate surface area is 162 Å². The zero-order chi connectivity index (χ0) is 20.1. The molecule has 0 aliphatic carbocycles. The highest BCUT2D eigenvalue weighted by molar-refractivity contribution is 7.89. The van der Waals surface area contributed by atoms with Crippen LogP contribution in [-0.2, 0) is 15.6 Å². The number of nitrogens with zero attached hydrogens (tertiary/aromatic N) is 3. The predicted octanol–water partition coefficient (Wildman–Crippen LogP) is 3.36. The van der Waals surface area contributed by atoms with Crippen molar-refractivity contribution < 1.29 is 17.5 Å². The monoisotopic (exact) mass is 402 g/mol. The minimum Gasteiger partial charge on any atom is -0.493 e. The van der Waals surface area contributed by atoms with Gasteiger partial charge in [-0.15, -0.1) is 0 Å². The molecule has 0 spiro atoms. The number of benzene rings is 2. The lowest BCUT2D eigenvalue weighted by Gasteiger charge is -2.11. The molecule has 0 atom stereocenters. The highest BCUT2D eigenvalue weighted by Gasteiger charge is 2.12. The fourth-order valence-corrected chi connectivity index (χ4v) is 3.40. The molecule has 0 saturated heterocycles. The number of rotatable bonds is 7. The molecule has 1 N–H and O–H groups in total. The molecule has 0 aliphatic heterocycles. The van der Waals surface area contributed by atoms with Crippen molar-refractivity contribution in [3.05, 3.63) is 60.2 Å². The van der Waals surface area contributed by atoms with E-state index in [9.17, 15) is 12.8 Å². The van der Waals surface area contributed by atoms with Gasteiger partial charge < -0.3 is 10.1 Å². The first-order chi connectivity index (χ1) is 13.3. The number of anilines is 2. The molecule has 0 radical (unpaired) electrons. The lowest BCUT2D eigenvalue weighted by atomic mass is 10.2. The Bertz CT molecular complexity index is 1090. The summed E-state index contributed by atoms with van der Waals surface area (Å²) in [5.74, 6) is 0.469. The Morgan fingerprint density at radius 3 is 2.71 bits per heavy atom. The third-order valence-corrected chi connectivity index (χ3v) is 4.53. The second-order valence-corrected chi connectivity index (χ2v) is 8.24. The largest absolute Gasteiger partial charge is 0.493 e. The highest BCUT2D eigenvalue weighted by atomic mass is 32.2. The summed E-state index contributed by atoms with van der Waals surface area (Å²) in [5, 5.41) is 3.03. The third-order valence-electron chi connectivity index (χ3n) is 3.67. The Kier molecular flexibility index (Phi) is 5.84. The number of ether oxygens (including phenoxy) is 1. The van der Waals surface area contributed by atoms with E-state index in [2.05, 4.69) is 20.3 Å². The maximum absolute atomic E-state index is 13.5. The van der Waals surface area contributed by atoms with E-state index in [1.54, 1.807) is 37.3 Å². The van der Waals surface area contributed by atoms with Crippen LogP contribution in [0.1, 0.15) is 12.5 Å².